The van der Waals surface area contributed by atoms with Crippen LogP contribution < -0.4 is 9.03 Å². The van der Waals surface area contributed by atoms with E-state index in [-0.39, 0.29) is 4.90 Å². The maximum Gasteiger partial charge on any atom is 0.264 e. The molecule has 2 aromatic rings. The number of para-hydroxylation sites is 1. The molecule has 0 saturated carbocycles. The Kier molecular flexibility index (Phi) is 4.52. The number of hydrogen-bond donors (Lipinski definition) is 1. The summed E-state index contributed by atoms with van der Waals surface area (Å²) >= 11 is 0. The van der Waals surface area contributed by atoms with Gasteiger partial charge in [0.25, 0.3) is 10.0 Å². The maximum absolute atomic E-state index is 13.4. The lowest BCUT2D eigenvalue weighted by molar-refractivity contribution is 0.590. The molecule has 0 aliphatic carbocycles. The summed E-state index contributed by atoms with van der Waals surface area (Å²) in [4.78, 5) is 0.158. The quantitative estimate of drug-likeness (QED) is 0.864. The Balaban J connectivity index is 2.19. The van der Waals surface area contributed by atoms with Gasteiger partial charge in [-0.25, -0.2) is 16.8 Å². The molecule has 0 atom stereocenters. The van der Waals surface area contributed by atoms with E-state index in [2.05, 4.69) is 4.72 Å². The summed E-state index contributed by atoms with van der Waals surface area (Å²) in [5, 5.41) is 0. The molecule has 0 radical (unpaired) electrons. The number of anilines is 2. The first kappa shape index (κ1) is 18.7. The van der Waals surface area contributed by atoms with Crippen LogP contribution in [-0.4, -0.2) is 29.6 Å². The van der Waals surface area contributed by atoms with Gasteiger partial charge in [-0.2, -0.15) is 0 Å². The Hall–Kier alpha value is -2.06. The molecule has 140 valence electrons. The number of fused-ring (bicyclic) bond motifs is 1. The van der Waals surface area contributed by atoms with Crippen molar-refractivity contribution in [2.24, 2.45) is 0 Å². The molecule has 0 amide bonds. The van der Waals surface area contributed by atoms with E-state index >= 15 is 0 Å². The summed E-state index contributed by atoms with van der Waals surface area (Å²) in [6, 6.07) is 9.14. The first-order valence-electron chi connectivity index (χ1n) is 8.21. The van der Waals surface area contributed by atoms with E-state index in [9.17, 15) is 16.8 Å². The Bertz CT molecular complexity index is 1090. The van der Waals surface area contributed by atoms with E-state index in [4.69, 9.17) is 0 Å². The van der Waals surface area contributed by atoms with Gasteiger partial charge in [-0.3, -0.25) is 9.03 Å². The normalized spacial score (nSPS) is 14.4. The monoisotopic (exact) mass is 394 g/mol. The van der Waals surface area contributed by atoms with Crippen LogP contribution in [0.5, 0.6) is 0 Å². The first-order valence-corrected chi connectivity index (χ1v) is 11.5. The summed E-state index contributed by atoms with van der Waals surface area (Å²) in [6.07, 6.45) is 1.71. The van der Waals surface area contributed by atoms with Crippen LogP contribution in [-0.2, 0) is 26.5 Å². The standard InChI is InChI=1S/C18H22N2O4S2/c1-12-11-13(2)18(14(3)17(12)19-25(4,21)22)26(23,24)20-10-9-15-7-5-6-8-16(15)20/h5-8,11,19H,9-10H2,1-4H3. The summed E-state index contributed by atoms with van der Waals surface area (Å²) in [7, 11) is -7.33. The average Bonchev–Trinajstić information content (AvgIpc) is 2.95. The predicted octanol–water partition coefficient (Wildman–Crippen LogP) is 2.73. The highest BCUT2D eigenvalue weighted by Crippen LogP contribution is 2.37. The predicted molar refractivity (Wildman–Crippen MR) is 104 cm³/mol. The summed E-state index contributed by atoms with van der Waals surface area (Å²) < 4.78 is 54.1. The fraction of sp³-hybridized carbons (Fsp3) is 0.333. The van der Waals surface area contributed by atoms with E-state index in [1.54, 1.807) is 32.9 Å². The van der Waals surface area contributed by atoms with E-state index in [1.807, 2.05) is 18.2 Å². The van der Waals surface area contributed by atoms with Gasteiger partial charge in [0.1, 0.15) is 0 Å². The van der Waals surface area contributed by atoms with Crippen molar-refractivity contribution in [3.05, 3.63) is 52.6 Å². The zero-order valence-corrected chi connectivity index (χ0v) is 16.8. The second-order valence-corrected chi connectivity index (χ2v) is 10.2. The second kappa shape index (κ2) is 6.28. The molecular formula is C18H22N2O4S2. The van der Waals surface area contributed by atoms with Gasteiger partial charge in [-0.05, 0) is 55.5 Å². The molecule has 1 aliphatic rings. The summed E-state index contributed by atoms with van der Waals surface area (Å²) in [6.45, 7) is 5.51. The van der Waals surface area contributed by atoms with Crippen LogP contribution in [0, 0.1) is 20.8 Å². The van der Waals surface area contributed by atoms with Gasteiger partial charge in [0.2, 0.25) is 10.0 Å². The Morgan fingerprint density at radius 1 is 1.00 bits per heavy atom. The molecule has 0 unspecified atom stereocenters. The molecule has 26 heavy (non-hydrogen) atoms. The average molecular weight is 395 g/mol. The molecule has 1 N–H and O–H groups in total. The van der Waals surface area contributed by atoms with Crippen LogP contribution >= 0.6 is 0 Å². The van der Waals surface area contributed by atoms with Gasteiger partial charge in [0.15, 0.2) is 0 Å². The highest BCUT2D eigenvalue weighted by Gasteiger charge is 2.33. The van der Waals surface area contributed by atoms with Gasteiger partial charge < -0.3 is 0 Å². The van der Waals surface area contributed by atoms with Gasteiger partial charge in [0.05, 0.1) is 22.5 Å². The van der Waals surface area contributed by atoms with Crippen LogP contribution in [0.25, 0.3) is 0 Å². The van der Waals surface area contributed by atoms with Crippen molar-refractivity contribution in [1.29, 1.82) is 0 Å². The fourth-order valence-electron chi connectivity index (χ4n) is 3.57. The largest absolute Gasteiger partial charge is 0.283 e. The van der Waals surface area contributed by atoms with E-state index in [0.717, 1.165) is 11.8 Å². The molecule has 3 rings (SSSR count). The van der Waals surface area contributed by atoms with Crippen molar-refractivity contribution in [2.75, 3.05) is 21.8 Å². The molecule has 8 heteroatoms. The lowest BCUT2D eigenvalue weighted by atomic mass is 10.1. The zero-order valence-electron chi connectivity index (χ0n) is 15.2. The third kappa shape index (κ3) is 3.19. The van der Waals surface area contributed by atoms with Crippen LogP contribution in [0.1, 0.15) is 22.3 Å². The molecule has 1 aliphatic heterocycles. The van der Waals surface area contributed by atoms with Gasteiger partial charge in [-0.1, -0.05) is 24.3 Å². The van der Waals surface area contributed by atoms with E-state index in [1.165, 1.54) is 4.31 Å². The number of nitrogens with zero attached hydrogens (tertiary/aromatic N) is 1. The smallest absolute Gasteiger partial charge is 0.264 e. The van der Waals surface area contributed by atoms with Gasteiger partial charge >= 0.3 is 0 Å². The van der Waals surface area contributed by atoms with Crippen LogP contribution in [0.3, 0.4) is 0 Å². The van der Waals surface area contributed by atoms with Crippen LogP contribution in [0.2, 0.25) is 0 Å². The minimum absolute atomic E-state index is 0.158. The van der Waals surface area contributed by atoms with Crippen molar-refractivity contribution < 1.29 is 16.8 Å². The molecule has 0 bridgehead atoms. The Morgan fingerprint density at radius 3 is 2.31 bits per heavy atom. The minimum atomic E-state index is -3.81. The minimum Gasteiger partial charge on any atom is -0.283 e. The molecule has 0 aromatic heterocycles. The lowest BCUT2D eigenvalue weighted by Crippen LogP contribution is -2.30. The molecule has 2 aromatic carbocycles. The first-order chi connectivity index (χ1) is 12.0. The number of sulfonamides is 2. The van der Waals surface area contributed by atoms with Crippen molar-refractivity contribution in [2.45, 2.75) is 32.1 Å². The lowest BCUT2D eigenvalue weighted by Gasteiger charge is -2.24. The Morgan fingerprint density at radius 2 is 1.65 bits per heavy atom. The molecule has 0 fully saturated rings. The molecule has 6 nitrogen and oxygen atoms in total. The number of benzene rings is 2. The maximum atomic E-state index is 13.4. The number of hydrogen-bond acceptors (Lipinski definition) is 4. The molecule has 0 saturated heterocycles. The number of aryl methyl sites for hydroxylation is 2. The second-order valence-electron chi connectivity index (χ2n) is 6.67. The van der Waals surface area contributed by atoms with E-state index in [0.29, 0.717) is 41.0 Å². The van der Waals surface area contributed by atoms with Crippen LogP contribution in [0.4, 0.5) is 11.4 Å². The van der Waals surface area contributed by atoms with Crippen molar-refractivity contribution in [1.82, 2.24) is 0 Å². The molecular weight excluding hydrogens is 372 g/mol. The fourth-order valence-corrected chi connectivity index (χ4v) is 6.20. The van der Waals surface area contributed by atoms with Crippen molar-refractivity contribution in [3.63, 3.8) is 0 Å². The highest BCUT2D eigenvalue weighted by atomic mass is 32.2. The third-order valence-corrected chi connectivity index (χ3v) is 7.26. The van der Waals surface area contributed by atoms with E-state index < -0.39 is 20.0 Å². The number of rotatable bonds is 4. The topological polar surface area (TPSA) is 83.6 Å². The highest BCUT2D eigenvalue weighted by molar-refractivity contribution is 7.93. The molecule has 1 heterocycles. The van der Waals surface area contributed by atoms with Gasteiger partial charge in [0, 0.05) is 6.54 Å². The van der Waals surface area contributed by atoms with Crippen molar-refractivity contribution in [3.8, 4) is 0 Å². The zero-order chi connectivity index (χ0) is 19.3. The number of nitrogens with one attached hydrogen (secondary N) is 1. The summed E-state index contributed by atoms with van der Waals surface area (Å²) in [5.41, 5.74) is 3.70. The molecule has 0 spiro atoms. The van der Waals surface area contributed by atoms with Gasteiger partial charge in [-0.15, -0.1) is 0 Å². The summed E-state index contributed by atoms with van der Waals surface area (Å²) in [5.74, 6) is 0. The third-order valence-electron chi connectivity index (χ3n) is 4.58. The van der Waals surface area contributed by atoms with Crippen molar-refractivity contribution >= 4 is 31.4 Å². The van der Waals surface area contributed by atoms with Crippen LogP contribution in [0.15, 0.2) is 35.2 Å². The Labute approximate surface area is 155 Å². The SMILES string of the molecule is Cc1cc(C)c(S(=O)(=O)N2CCc3ccccc32)c(C)c1NS(C)(=O)=O.